The second-order valence-corrected chi connectivity index (χ2v) is 4.39. The zero-order valence-electron chi connectivity index (χ0n) is 9.81. The Hall–Kier alpha value is -1.04. The van der Waals surface area contributed by atoms with Crippen LogP contribution in [-0.4, -0.2) is 30.5 Å². The Balaban J connectivity index is 2.40. The molecule has 0 bridgehead atoms. The van der Waals surface area contributed by atoms with Crippen LogP contribution >= 0.6 is 11.9 Å². The number of amides is 1. The highest BCUT2D eigenvalue weighted by atomic mass is 32.2. The lowest BCUT2D eigenvalue weighted by Crippen LogP contribution is -2.16. The maximum atomic E-state index is 11.7. The third kappa shape index (κ3) is 5.21. The number of aliphatic hydroxyl groups excluding tert-OH is 1. The topological polar surface area (TPSA) is 58.6 Å². The maximum absolute atomic E-state index is 11.7. The Morgan fingerprint density at radius 2 is 2.12 bits per heavy atom. The zero-order valence-corrected chi connectivity index (χ0v) is 10.6. The minimum atomic E-state index is -0.114. The number of rotatable bonds is 7. The Morgan fingerprint density at radius 3 is 2.71 bits per heavy atom. The molecule has 0 radical (unpaired) electrons. The highest BCUT2D eigenvalue weighted by Crippen LogP contribution is 2.07. The van der Waals surface area contributed by atoms with Crippen LogP contribution in [-0.2, 0) is 11.3 Å². The molecule has 1 rings (SSSR count). The van der Waals surface area contributed by atoms with E-state index in [1.54, 1.807) is 19.2 Å². The SMILES string of the molecule is COCc1ccc(C(=O)NSCCCO)cc1. The van der Waals surface area contributed by atoms with Crippen LogP contribution in [0, 0.1) is 0 Å². The zero-order chi connectivity index (χ0) is 12.5. The average molecular weight is 255 g/mol. The number of carbonyl (C=O) groups excluding carboxylic acids is 1. The highest BCUT2D eigenvalue weighted by molar-refractivity contribution is 7.97. The molecule has 0 aliphatic carbocycles. The summed E-state index contributed by atoms with van der Waals surface area (Å²) in [5.41, 5.74) is 1.67. The quantitative estimate of drug-likeness (QED) is 0.574. The third-order valence-electron chi connectivity index (χ3n) is 2.10. The minimum absolute atomic E-state index is 0.114. The number of aliphatic hydroxyl groups is 1. The summed E-state index contributed by atoms with van der Waals surface area (Å²) in [4.78, 5) is 11.7. The molecular weight excluding hydrogens is 238 g/mol. The molecule has 0 heterocycles. The highest BCUT2D eigenvalue weighted by Gasteiger charge is 2.04. The molecule has 5 heteroatoms. The van der Waals surface area contributed by atoms with E-state index in [0.29, 0.717) is 24.3 Å². The van der Waals surface area contributed by atoms with Crippen molar-refractivity contribution in [2.75, 3.05) is 19.5 Å². The number of nitrogens with one attached hydrogen (secondary N) is 1. The molecule has 0 unspecified atom stereocenters. The van der Waals surface area contributed by atoms with Crippen molar-refractivity contribution in [1.29, 1.82) is 0 Å². The van der Waals surface area contributed by atoms with Crippen molar-refractivity contribution in [2.45, 2.75) is 13.0 Å². The molecule has 1 aromatic carbocycles. The fourth-order valence-corrected chi connectivity index (χ4v) is 1.86. The largest absolute Gasteiger partial charge is 0.396 e. The minimum Gasteiger partial charge on any atom is -0.396 e. The fourth-order valence-electron chi connectivity index (χ4n) is 1.23. The molecule has 0 aliphatic heterocycles. The van der Waals surface area contributed by atoms with Crippen LogP contribution in [0.4, 0.5) is 0 Å². The van der Waals surface area contributed by atoms with Crippen molar-refractivity contribution in [1.82, 2.24) is 4.72 Å². The molecule has 94 valence electrons. The van der Waals surface area contributed by atoms with Gasteiger partial charge in [-0.05, 0) is 24.1 Å². The van der Waals surface area contributed by atoms with Crippen LogP contribution < -0.4 is 4.72 Å². The molecule has 0 spiro atoms. The first-order valence-corrected chi connectivity index (χ1v) is 6.37. The van der Waals surface area contributed by atoms with Gasteiger partial charge in [0.1, 0.15) is 0 Å². The summed E-state index contributed by atoms with van der Waals surface area (Å²) in [6.45, 7) is 0.696. The van der Waals surface area contributed by atoms with Crippen LogP contribution in [0.15, 0.2) is 24.3 Å². The van der Waals surface area contributed by atoms with Gasteiger partial charge in [-0.1, -0.05) is 24.1 Å². The van der Waals surface area contributed by atoms with Gasteiger partial charge in [-0.2, -0.15) is 0 Å². The van der Waals surface area contributed by atoms with Gasteiger partial charge in [0.15, 0.2) is 0 Å². The van der Waals surface area contributed by atoms with Crippen LogP contribution in [0.5, 0.6) is 0 Å². The standard InChI is InChI=1S/C12H17NO3S/c1-16-9-10-3-5-11(6-4-10)12(15)13-17-8-2-7-14/h3-6,14H,2,7-9H2,1H3,(H,13,15). The van der Waals surface area contributed by atoms with Crippen molar-refractivity contribution in [3.05, 3.63) is 35.4 Å². The van der Waals surface area contributed by atoms with Gasteiger partial charge in [-0.15, -0.1) is 0 Å². The van der Waals surface area contributed by atoms with Gasteiger partial charge < -0.3 is 9.84 Å². The van der Waals surface area contributed by atoms with Crippen LogP contribution in [0.25, 0.3) is 0 Å². The molecule has 17 heavy (non-hydrogen) atoms. The monoisotopic (exact) mass is 255 g/mol. The smallest absolute Gasteiger partial charge is 0.261 e. The summed E-state index contributed by atoms with van der Waals surface area (Å²) < 4.78 is 7.71. The lowest BCUT2D eigenvalue weighted by atomic mass is 10.1. The molecule has 1 aromatic rings. The van der Waals surface area contributed by atoms with E-state index in [1.807, 2.05) is 12.1 Å². The summed E-state index contributed by atoms with van der Waals surface area (Å²) in [6, 6.07) is 7.29. The Bertz CT molecular complexity index is 340. The number of ether oxygens (including phenoxy) is 1. The van der Waals surface area contributed by atoms with E-state index in [-0.39, 0.29) is 12.5 Å². The summed E-state index contributed by atoms with van der Waals surface area (Å²) in [5, 5.41) is 8.59. The summed E-state index contributed by atoms with van der Waals surface area (Å²) in [7, 11) is 1.64. The van der Waals surface area contributed by atoms with Gasteiger partial charge in [0.25, 0.3) is 5.91 Å². The number of hydrogen-bond donors (Lipinski definition) is 2. The van der Waals surface area contributed by atoms with Gasteiger partial charge in [-0.25, -0.2) is 0 Å². The average Bonchev–Trinajstić information content (AvgIpc) is 2.36. The molecule has 0 fully saturated rings. The lowest BCUT2D eigenvalue weighted by Gasteiger charge is -2.05. The molecule has 0 aliphatic rings. The fraction of sp³-hybridized carbons (Fsp3) is 0.417. The van der Waals surface area contributed by atoms with Crippen LogP contribution in [0.1, 0.15) is 22.3 Å². The maximum Gasteiger partial charge on any atom is 0.261 e. The van der Waals surface area contributed by atoms with Gasteiger partial charge in [0.05, 0.1) is 6.61 Å². The molecule has 0 saturated heterocycles. The second kappa shape index (κ2) is 8.11. The molecule has 0 atom stereocenters. The summed E-state index contributed by atoms with van der Waals surface area (Å²) in [6.07, 6.45) is 0.678. The molecule has 0 saturated carbocycles. The number of carbonyl (C=O) groups is 1. The normalized spacial score (nSPS) is 10.2. The van der Waals surface area contributed by atoms with E-state index in [2.05, 4.69) is 4.72 Å². The molecule has 4 nitrogen and oxygen atoms in total. The van der Waals surface area contributed by atoms with Crippen molar-refractivity contribution < 1.29 is 14.6 Å². The first kappa shape index (κ1) is 14.0. The van der Waals surface area contributed by atoms with Crippen molar-refractivity contribution in [3.8, 4) is 0 Å². The van der Waals surface area contributed by atoms with Gasteiger partial charge in [0.2, 0.25) is 0 Å². The van der Waals surface area contributed by atoms with E-state index in [9.17, 15) is 4.79 Å². The van der Waals surface area contributed by atoms with E-state index in [1.165, 1.54) is 11.9 Å². The Kier molecular flexibility index (Phi) is 6.69. The van der Waals surface area contributed by atoms with E-state index in [4.69, 9.17) is 9.84 Å². The Labute approximate surface area is 105 Å². The summed E-state index contributed by atoms with van der Waals surface area (Å²) in [5.74, 6) is 0.598. The van der Waals surface area contributed by atoms with Crippen LogP contribution in [0.2, 0.25) is 0 Å². The van der Waals surface area contributed by atoms with E-state index < -0.39 is 0 Å². The van der Waals surface area contributed by atoms with Crippen molar-refractivity contribution in [2.24, 2.45) is 0 Å². The summed E-state index contributed by atoms with van der Waals surface area (Å²) >= 11 is 1.31. The van der Waals surface area contributed by atoms with Gasteiger partial charge in [0, 0.05) is 25.0 Å². The van der Waals surface area contributed by atoms with E-state index in [0.717, 1.165) is 5.56 Å². The lowest BCUT2D eigenvalue weighted by molar-refractivity contribution is 0.0984. The van der Waals surface area contributed by atoms with Crippen LogP contribution in [0.3, 0.4) is 0 Å². The molecule has 2 N–H and O–H groups in total. The van der Waals surface area contributed by atoms with E-state index >= 15 is 0 Å². The number of methoxy groups -OCH3 is 1. The van der Waals surface area contributed by atoms with Crippen molar-refractivity contribution in [3.63, 3.8) is 0 Å². The predicted molar refractivity (Wildman–Crippen MR) is 68.8 cm³/mol. The molecule has 0 aromatic heterocycles. The molecule has 1 amide bonds. The van der Waals surface area contributed by atoms with Gasteiger partial charge in [-0.3, -0.25) is 9.52 Å². The molecular formula is C12H17NO3S. The predicted octanol–water partition coefficient (Wildman–Crippen LogP) is 1.59. The number of benzene rings is 1. The third-order valence-corrected chi connectivity index (χ3v) is 2.92. The van der Waals surface area contributed by atoms with Gasteiger partial charge >= 0.3 is 0 Å². The first-order chi connectivity index (χ1) is 8.27. The number of hydrogen-bond acceptors (Lipinski definition) is 4. The second-order valence-electron chi connectivity index (χ2n) is 3.49. The Morgan fingerprint density at radius 1 is 1.41 bits per heavy atom. The first-order valence-electron chi connectivity index (χ1n) is 5.38. The van der Waals surface area contributed by atoms with Crippen molar-refractivity contribution >= 4 is 17.9 Å².